The van der Waals surface area contributed by atoms with Gasteiger partial charge in [-0.1, -0.05) is 40.9 Å². The Labute approximate surface area is 133 Å². The molecule has 1 N–H and O–H groups in total. The normalized spacial score (nSPS) is 24.5. The first-order valence-corrected chi connectivity index (χ1v) is 8.19. The van der Waals surface area contributed by atoms with E-state index in [1.807, 2.05) is 24.3 Å². The van der Waals surface area contributed by atoms with Gasteiger partial charge in [0.1, 0.15) is 11.6 Å². The Morgan fingerprint density at radius 3 is 2.71 bits per heavy atom. The Morgan fingerprint density at radius 2 is 2.05 bits per heavy atom. The van der Waals surface area contributed by atoms with Gasteiger partial charge in [0, 0.05) is 11.0 Å². The van der Waals surface area contributed by atoms with Gasteiger partial charge < -0.3 is 10.2 Å². The van der Waals surface area contributed by atoms with E-state index in [0.717, 1.165) is 35.7 Å². The largest absolute Gasteiger partial charge is 0.340 e. The van der Waals surface area contributed by atoms with E-state index in [1.165, 1.54) is 0 Å². The summed E-state index contributed by atoms with van der Waals surface area (Å²) >= 11 is 3.45. The van der Waals surface area contributed by atoms with Crippen molar-refractivity contribution >= 4 is 27.7 Å². The van der Waals surface area contributed by atoms with Crippen LogP contribution in [0.4, 0.5) is 0 Å². The van der Waals surface area contributed by atoms with Gasteiger partial charge in [-0.15, -0.1) is 0 Å². The first kappa shape index (κ1) is 14.6. The van der Waals surface area contributed by atoms with E-state index in [4.69, 9.17) is 0 Å². The van der Waals surface area contributed by atoms with E-state index < -0.39 is 11.6 Å². The zero-order chi connectivity index (χ0) is 15.0. The molecule has 1 heterocycles. The lowest BCUT2D eigenvalue weighted by Gasteiger charge is -2.43. The second-order valence-electron chi connectivity index (χ2n) is 6.02. The summed E-state index contributed by atoms with van der Waals surface area (Å²) in [7, 11) is 0. The highest BCUT2D eigenvalue weighted by molar-refractivity contribution is 9.10. The Bertz CT molecular complexity index is 581. The zero-order valence-electron chi connectivity index (χ0n) is 12.1. The van der Waals surface area contributed by atoms with Crippen molar-refractivity contribution in [3.05, 3.63) is 34.3 Å². The van der Waals surface area contributed by atoms with E-state index in [-0.39, 0.29) is 11.8 Å². The number of carbonyl (C=O) groups is 2. The van der Waals surface area contributed by atoms with Crippen LogP contribution < -0.4 is 5.32 Å². The van der Waals surface area contributed by atoms with Crippen molar-refractivity contribution in [3.8, 4) is 0 Å². The van der Waals surface area contributed by atoms with Crippen LogP contribution in [0.1, 0.15) is 38.2 Å². The molecule has 0 aromatic heterocycles. The number of piperazine rings is 1. The molecule has 112 valence electrons. The molecule has 21 heavy (non-hydrogen) atoms. The summed E-state index contributed by atoms with van der Waals surface area (Å²) in [5, 5.41) is 2.98. The zero-order valence-corrected chi connectivity index (χ0v) is 13.6. The van der Waals surface area contributed by atoms with Gasteiger partial charge in [0.05, 0.1) is 0 Å². The van der Waals surface area contributed by atoms with Crippen LogP contribution >= 0.6 is 15.9 Å². The molecule has 1 unspecified atom stereocenters. The van der Waals surface area contributed by atoms with Crippen molar-refractivity contribution in [2.75, 3.05) is 0 Å². The van der Waals surface area contributed by atoms with Gasteiger partial charge in [-0.3, -0.25) is 9.59 Å². The molecule has 1 spiro atoms. The van der Waals surface area contributed by atoms with Crippen LogP contribution in [-0.2, 0) is 16.1 Å². The summed E-state index contributed by atoms with van der Waals surface area (Å²) in [5.41, 5.74) is 0.391. The van der Waals surface area contributed by atoms with Crippen molar-refractivity contribution in [2.45, 2.75) is 50.7 Å². The highest BCUT2D eigenvalue weighted by Crippen LogP contribution is 2.35. The Hall–Kier alpha value is -1.36. The van der Waals surface area contributed by atoms with Crippen LogP contribution in [0, 0.1) is 0 Å². The van der Waals surface area contributed by atoms with E-state index in [1.54, 1.807) is 11.8 Å². The molecule has 1 atom stereocenters. The fourth-order valence-electron chi connectivity index (χ4n) is 3.34. The molecule has 1 saturated heterocycles. The molecule has 3 rings (SSSR count). The molecule has 0 bridgehead atoms. The van der Waals surface area contributed by atoms with Crippen molar-refractivity contribution in [1.29, 1.82) is 0 Å². The monoisotopic (exact) mass is 350 g/mol. The number of halogens is 1. The van der Waals surface area contributed by atoms with Crippen LogP contribution in [0.2, 0.25) is 0 Å². The molecule has 0 radical (unpaired) electrons. The maximum Gasteiger partial charge on any atom is 0.249 e. The maximum absolute atomic E-state index is 12.9. The van der Waals surface area contributed by atoms with Gasteiger partial charge in [0.15, 0.2) is 0 Å². The van der Waals surface area contributed by atoms with Crippen LogP contribution in [0.15, 0.2) is 28.7 Å². The number of nitrogens with zero attached hydrogens (tertiary/aromatic N) is 1. The first-order valence-electron chi connectivity index (χ1n) is 7.39. The molecule has 5 heteroatoms. The second-order valence-corrected chi connectivity index (χ2v) is 6.93. The Balaban J connectivity index is 1.88. The molecule has 1 aliphatic heterocycles. The molecule has 1 aromatic carbocycles. The summed E-state index contributed by atoms with van der Waals surface area (Å²) < 4.78 is 0.983. The fraction of sp³-hybridized carbons (Fsp3) is 0.500. The smallest absolute Gasteiger partial charge is 0.249 e. The summed E-state index contributed by atoms with van der Waals surface area (Å²) in [5.74, 6) is 0.0403. The molecular formula is C16H19BrN2O2. The summed E-state index contributed by atoms with van der Waals surface area (Å²) in [6.07, 6.45) is 3.54. The minimum atomic E-state index is -0.643. The average molecular weight is 351 g/mol. The van der Waals surface area contributed by atoms with Gasteiger partial charge in [0.2, 0.25) is 11.8 Å². The van der Waals surface area contributed by atoms with Crippen molar-refractivity contribution in [3.63, 3.8) is 0 Å². The SMILES string of the molecule is CC1C(=O)NC2(CCCC2)C(=O)N1Cc1cccc(Br)c1. The minimum Gasteiger partial charge on any atom is -0.340 e. The van der Waals surface area contributed by atoms with Gasteiger partial charge in [0.25, 0.3) is 0 Å². The van der Waals surface area contributed by atoms with Crippen LogP contribution in [0.3, 0.4) is 0 Å². The highest BCUT2D eigenvalue weighted by Gasteiger charge is 2.50. The number of amides is 2. The number of rotatable bonds is 2. The van der Waals surface area contributed by atoms with Crippen LogP contribution in [0.25, 0.3) is 0 Å². The van der Waals surface area contributed by atoms with Crippen molar-refractivity contribution < 1.29 is 9.59 Å². The second kappa shape index (κ2) is 5.44. The van der Waals surface area contributed by atoms with E-state index in [2.05, 4.69) is 21.2 Å². The molecule has 4 nitrogen and oxygen atoms in total. The standard InChI is InChI=1S/C16H19BrN2O2/c1-11-14(20)18-16(7-2-3-8-16)15(21)19(11)10-12-5-4-6-13(17)9-12/h4-6,9,11H,2-3,7-8,10H2,1H3,(H,18,20). The summed E-state index contributed by atoms with van der Waals surface area (Å²) in [4.78, 5) is 26.9. The average Bonchev–Trinajstić information content (AvgIpc) is 2.91. The Morgan fingerprint density at radius 1 is 1.33 bits per heavy atom. The third-order valence-electron chi connectivity index (χ3n) is 4.58. The molecule has 1 aromatic rings. The highest BCUT2D eigenvalue weighted by atomic mass is 79.9. The number of benzene rings is 1. The fourth-order valence-corrected chi connectivity index (χ4v) is 3.79. The molecule has 2 fully saturated rings. The Kier molecular flexibility index (Phi) is 3.78. The quantitative estimate of drug-likeness (QED) is 0.891. The minimum absolute atomic E-state index is 0.0357. The summed E-state index contributed by atoms with van der Waals surface area (Å²) in [6, 6.07) is 7.47. The van der Waals surface area contributed by atoms with Gasteiger partial charge in [-0.25, -0.2) is 0 Å². The number of hydrogen-bond donors (Lipinski definition) is 1. The third kappa shape index (κ3) is 2.59. The van der Waals surface area contributed by atoms with Gasteiger partial charge in [-0.2, -0.15) is 0 Å². The number of carbonyl (C=O) groups excluding carboxylic acids is 2. The van der Waals surface area contributed by atoms with Gasteiger partial charge >= 0.3 is 0 Å². The lowest BCUT2D eigenvalue weighted by molar-refractivity contribution is -0.154. The molecule has 2 amide bonds. The molecular weight excluding hydrogens is 332 g/mol. The van der Waals surface area contributed by atoms with Crippen molar-refractivity contribution in [1.82, 2.24) is 10.2 Å². The lowest BCUT2D eigenvalue weighted by atomic mass is 9.90. The molecule has 1 aliphatic carbocycles. The first-order chi connectivity index (χ1) is 10.0. The third-order valence-corrected chi connectivity index (χ3v) is 5.07. The predicted octanol–water partition coefficient (Wildman–Crippen LogP) is 2.61. The van der Waals surface area contributed by atoms with Crippen molar-refractivity contribution in [2.24, 2.45) is 0 Å². The van der Waals surface area contributed by atoms with Crippen LogP contribution in [-0.4, -0.2) is 28.3 Å². The lowest BCUT2D eigenvalue weighted by Crippen LogP contribution is -2.68. The number of nitrogens with one attached hydrogen (secondary N) is 1. The predicted molar refractivity (Wildman–Crippen MR) is 83.5 cm³/mol. The maximum atomic E-state index is 12.9. The molecule has 1 saturated carbocycles. The number of hydrogen-bond acceptors (Lipinski definition) is 2. The van der Waals surface area contributed by atoms with E-state index in [9.17, 15) is 9.59 Å². The van der Waals surface area contributed by atoms with Gasteiger partial charge in [-0.05, 0) is 37.5 Å². The molecule has 2 aliphatic rings. The summed E-state index contributed by atoms with van der Waals surface area (Å²) in [6.45, 7) is 2.28. The van der Waals surface area contributed by atoms with Crippen LogP contribution in [0.5, 0.6) is 0 Å². The van der Waals surface area contributed by atoms with E-state index >= 15 is 0 Å². The van der Waals surface area contributed by atoms with E-state index in [0.29, 0.717) is 6.54 Å². The topological polar surface area (TPSA) is 49.4 Å².